The maximum absolute atomic E-state index is 12.2. The predicted molar refractivity (Wildman–Crippen MR) is 38.4 cm³/mol. The van der Waals surface area contributed by atoms with Crippen LogP contribution in [0, 0.1) is 5.82 Å². The highest BCUT2D eigenvalue weighted by molar-refractivity contribution is 6.71. The molecule has 0 aliphatic carbocycles. The van der Waals surface area contributed by atoms with Crippen molar-refractivity contribution in [1.29, 1.82) is 0 Å². The Balaban J connectivity index is 2.99. The van der Waals surface area contributed by atoms with E-state index in [1.165, 1.54) is 0 Å². The van der Waals surface area contributed by atoms with Crippen molar-refractivity contribution in [1.82, 2.24) is 0 Å². The van der Waals surface area contributed by atoms with Gasteiger partial charge in [-0.2, -0.15) is 0 Å². The summed E-state index contributed by atoms with van der Waals surface area (Å²) in [5.74, 6) is -0.492. The Morgan fingerprint density at radius 2 is 1.45 bits per heavy atom. The summed E-state index contributed by atoms with van der Waals surface area (Å²) < 4.78 is 12.2. The normalized spacial score (nSPS) is 11.6. The zero-order valence-corrected chi connectivity index (χ0v) is 5.61. The van der Waals surface area contributed by atoms with Gasteiger partial charge in [0.05, 0.1) is 0 Å². The first kappa shape index (κ1) is 8.19. The van der Waals surface area contributed by atoms with Crippen molar-refractivity contribution in [2.24, 2.45) is 0 Å². The van der Waals surface area contributed by atoms with Crippen molar-refractivity contribution in [3.63, 3.8) is 0 Å². The van der Waals surface area contributed by atoms with Crippen LogP contribution in [0.15, 0.2) is 24.3 Å². The molecule has 0 aromatic heterocycles. The van der Waals surface area contributed by atoms with E-state index in [2.05, 4.69) is 0 Å². The molecule has 3 nitrogen and oxygen atoms in total. The van der Waals surface area contributed by atoms with E-state index in [0.29, 0.717) is 0 Å². The molecule has 0 radical (unpaired) electrons. The van der Waals surface area contributed by atoms with Crippen LogP contribution in [-0.4, -0.2) is 21.8 Å². The van der Waals surface area contributed by atoms with Gasteiger partial charge >= 0.3 is 6.75 Å². The van der Waals surface area contributed by atoms with Gasteiger partial charge < -0.3 is 15.1 Å². The fourth-order valence-electron chi connectivity index (χ4n) is 0.721. The minimum absolute atomic E-state index is 0.105. The van der Waals surface area contributed by atoms with Crippen LogP contribution in [-0.2, 0) is 0 Å². The zero-order chi connectivity index (χ0) is 8.48. The molecule has 0 saturated carbocycles. The summed E-state index contributed by atoms with van der Waals surface area (Å²) in [4.78, 5) is 0. The van der Waals surface area contributed by atoms with Crippen molar-refractivity contribution in [3.8, 4) is 0 Å². The molecule has 0 spiro atoms. The Kier molecular flexibility index (Phi) is 1.95. The highest BCUT2D eigenvalue weighted by Gasteiger charge is 2.17. The maximum Gasteiger partial charge on any atom is 0.402 e. The second kappa shape index (κ2) is 2.62. The third-order valence-electron chi connectivity index (χ3n) is 1.32. The lowest BCUT2D eigenvalue weighted by atomic mass is 9.71. The van der Waals surface area contributed by atoms with Gasteiger partial charge in [0.15, 0.2) is 0 Å². The van der Waals surface area contributed by atoms with E-state index in [9.17, 15) is 4.39 Å². The molecule has 0 aliphatic heterocycles. The quantitative estimate of drug-likeness (QED) is 0.455. The van der Waals surface area contributed by atoms with Gasteiger partial charge in [-0.25, -0.2) is 4.39 Å². The van der Waals surface area contributed by atoms with Crippen molar-refractivity contribution < 1.29 is 19.5 Å². The summed E-state index contributed by atoms with van der Waals surface area (Å²) >= 11 is 0. The monoisotopic (exact) mass is 157 g/mol. The van der Waals surface area contributed by atoms with Crippen LogP contribution in [0.5, 0.6) is 0 Å². The molecule has 5 heteroatoms. The lowest BCUT2D eigenvalue weighted by Crippen LogP contribution is -2.48. The van der Waals surface area contributed by atoms with E-state index in [4.69, 9.17) is 15.1 Å². The molecule has 0 aliphatic rings. The van der Waals surface area contributed by atoms with Crippen molar-refractivity contribution in [3.05, 3.63) is 30.1 Å². The van der Waals surface area contributed by atoms with Gasteiger partial charge in [-0.1, -0.05) is 12.1 Å². The smallest absolute Gasteiger partial charge is 0.402 e. The van der Waals surface area contributed by atoms with Gasteiger partial charge in [0.1, 0.15) is 5.82 Å². The number of hydrogen-bond donors (Lipinski definition) is 3. The average molecular weight is 157 g/mol. The summed E-state index contributed by atoms with van der Waals surface area (Å²) in [6, 6.07) is 4.29. The fourth-order valence-corrected chi connectivity index (χ4v) is 0.721. The minimum atomic E-state index is -3.48. The number of benzene rings is 1. The summed E-state index contributed by atoms with van der Waals surface area (Å²) in [5, 5.41) is 25.9. The third-order valence-corrected chi connectivity index (χ3v) is 1.32. The molecular weight excluding hydrogens is 150 g/mol. The Labute approximate surface area is 62.7 Å². The number of hydrogen-bond acceptors (Lipinski definition) is 3. The van der Waals surface area contributed by atoms with Crippen molar-refractivity contribution in [2.75, 3.05) is 0 Å². The molecule has 3 N–H and O–H groups in total. The molecule has 11 heavy (non-hydrogen) atoms. The van der Waals surface area contributed by atoms with E-state index >= 15 is 0 Å². The van der Waals surface area contributed by atoms with Gasteiger partial charge in [0.2, 0.25) is 0 Å². The molecule has 60 valence electrons. The Hall–Kier alpha value is -0.905. The first-order valence-electron chi connectivity index (χ1n) is 3.07. The summed E-state index contributed by atoms with van der Waals surface area (Å²) in [6.45, 7) is -3.48. The lowest BCUT2D eigenvalue weighted by Gasteiger charge is -2.20. The Morgan fingerprint density at radius 1 is 1.00 bits per heavy atom. The largest absolute Gasteiger partial charge is 0.556 e. The number of rotatable bonds is 1. The van der Waals surface area contributed by atoms with Crippen molar-refractivity contribution in [2.45, 2.75) is 0 Å². The van der Waals surface area contributed by atoms with Crippen LogP contribution in [0.2, 0.25) is 0 Å². The Bertz CT molecular complexity index is 241. The summed E-state index contributed by atoms with van der Waals surface area (Å²) in [6.07, 6.45) is 0. The topological polar surface area (TPSA) is 60.7 Å². The van der Waals surface area contributed by atoms with E-state index in [0.717, 1.165) is 24.3 Å². The second-order valence-electron chi connectivity index (χ2n) is 2.29. The molecule has 1 rings (SSSR count). The Morgan fingerprint density at radius 3 is 1.82 bits per heavy atom. The van der Waals surface area contributed by atoms with E-state index in [-0.39, 0.29) is 5.46 Å². The van der Waals surface area contributed by atoms with Crippen LogP contribution in [0.3, 0.4) is 0 Å². The van der Waals surface area contributed by atoms with Gasteiger partial charge in [0.25, 0.3) is 0 Å². The lowest BCUT2D eigenvalue weighted by molar-refractivity contribution is 0.249. The molecule has 0 unspecified atom stereocenters. The van der Waals surface area contributed by atoms with Crippen LogP contribution in [0.4, 0.5) is 4.39 Å². The van der Waals surface area contributed by atoms with Crippen molar-refractivity contribution >= 4 is 12.2 Å². The molecule has 1 aromatic rings. The maximum atomic E-state index is 12.2. The van der Waals surface area contributed by atoms with E-state index in [1.54, 1.807) is 0 Å². The first-order chi connectivity index (χ1) is 5.00. The van der Waals surface area contributed by atoms with Crippen LogP contribution in [0.1, 0.15) is 0 Å². The highest BCUT2D eigenvalue weighted by atomic mass is 19.1. The molecule has 0 saturated heterocycles. The van der Waals surface area contributed by atoms with Crippen LogP contribution >= 0.6 is 0 Å². The molecule has 1 aromatic carbocycles. The molecule has 0 bridgehead atoms. The predicted octanol–water partition coefficient (Wildman–Crippen LogP) is -1.05. The van der Waals surface area contributed by atoms with Gasteiger partial charge in [-0.3, -0.25) is 0 Å². The average Bonchev–Trinajstić information content (AvgIpc) is 1.86. The van der Waals surface area contributed by atoms with E-state index in [1.807, 2.05) is 0 Å². The summed E-state index contributed by atoms with van der Waals surface area (Å²) in [5.41, 5.74) is -0.105. The van der Waals surface area contributed by atoms with Crippen LogP contribution < -0.4 is 5.46 Å². The van der Waals surface area contributed by atoms with Gasteiger partial charge in [-0.05, 0) is 12.1 Å². The molecular formula is C6H7BFO3-. The standard InChI is InChI=1S/C6H7BFO3/c8-6-3-1-5(2-4-6)7(9,10)11/h1-4,9-11H/q-1. The minimum Gasteiger partial charge on any atom is -0.556 e. The molecule has 0 heterocycles. The van der Waals surface area contributed by atoms with Crippen LogP contribution in [0.25, 0.3) is 0 Å². The van der Waals surface area contributed by atoms with E-state index < -0.39 is 12.6 Å². The number of halogens is 1. The molecule has 0 fully saturated rings. The third kappa shape index (κ3) is 2.01. The molecule has 0 amide bonds. The summed E-state index contributed by atoms with van der Waals surface area (Å²) in [7, 11) is 0. The fraction of sp³-hybridized carbons (Fsp3) is 0. The molecule has 0 atom stereocenters. The second-order valence-corrected chi connectivity index (χ2v) is 2.29. The van der Waals surface area contributed by atoms with Gasteiger partial charge in [0, 0.05) is 0 Å². The first-order valence-corrected chi connectivity index (χ1v) is 3.07. The zero-order valence-electron chi connectivity index (χ0n) is 5.61. The van der Waals surface area contributed by atoms with Gasteiger partial charge in [-0.15, -0.1) is 5.46 Å². The SMILES string of the molecule is O[B-](O)(O)c1ccc(F)cc1. The highest BCUT2D eigenvalue weighted by Crippen LogP contribution is 1.95.